The molecule has 1 amide bonds. The Hall–Kier alpha value is -3.11. The van der Waals surface area contributed by atoms with Crippen LogP contribution in [0, 0.1) is 0 Å². The predicted octanol–water partition coefficient (Wildman–Crippen LogP) is 5.86. The zero-order valence-corrected chi connectivity index (χ0v) is 21.6. The summed E-state index contributed by atoms with van der Waals surface area (Å²) >= 11 is 1.36. The predicted molar refractivity (Wildman–Crippen MR) is 133 cm³/mol. The monoisotopic (exact) mass is 521 g/mol. The molecule has 36 heavy (non-hydrogen) atoms. The summed E-state index contributed by atoms with van der Waals surface area (Å²) in [5, 5.41) is 2.43. The van der Waals surface area contributed by atoms with E-state index < -0.39 is 11.7 Å². The first-order valence-electron chi connectivity index (χ1n) is 11.5. The van der Waals surface area contributed by atoms with Gasteiger partial charge in [0.2, 0.25) is 0 Å². The van der Waals surface area contributed by atoms with Crippen LogP contribution >= 0.6 is 11.3 Å². The first kappa shape index (κ1) is 27.5. The number of rotatable bonds is 11. The van der Waals surface area contributed by atoms with E-state index in [1.54, 1.807) is 36.6 Å². The molecular weight excluding hydrogens is 491 g/mol. The Labute approximate surface area is 213 Å². The number of ether oxygens (including phenoxy) is 2. The molecule has 194 valence electrons. The Bertz CT molecular complexity index is 1160. The fraction of sp³-hybridized carbons (Fsp3) is 0.385. The van der Waals surface area contributed by atoms with Gasteiger partial charge in [-0.25, -0.2) is 4.98 Å². The molecule has 0 saturated heterocycles. The van der Waals surface area contributed by atoms with Crippen molar-refractivity contribution in [2.75, 3.05) is 27.3 Å². The summed E-state index contributed by atoms with van der Waals surface area (Å²) in [7, 11) is 3.12. The van der Waals surface area contributed by atoms with Crippen LogP contribution in [-0.4, -0.2) is 48.0 Å². The average Bonchev–Trinajstić information content (AvgIpc) is 3.33. The van der Waals surface area contributed by atoms with E-state index >= 15 is 0 Å². The molecule has 1 aromatic heterocycles. The lowest BCUT2D eigenvalue weighted by Gasteiger charge is -2.23. The normalized spacial score (nSPS) is 11.6. The van der Waals surface area contributed by atoms with Gasteiger partial charge in [0.1, 0.15) is 22.2 Å². The molecule has 0 N–H and O–H groups in total. The summed E-state index contributed by atoms with van der Waals surface area (Å²) in [5.74, 6) is 1.11. The second kappa shape index (κ2) is 12.2. The highest BCUT2D eigenvalue weighted by atomic mass is 32.1. The highest BCUT2D eigenvalue weighted by molar-refractivity contribution is 7.09. The summed E-state index contributed by atoms with van der Waals surface area (Å²) in [6, 6.07) is 10.8. The van der Waals surface area contributed by atoms with Crippen LogP contribution in [0.3, 0.4) is 0 Å². The van der Waals surface area contributed by atoms with E-state index in [2.05, 4.69) is 4.98 Å². The van der Waals surface area contributed by atoms with Crippen LogP contribution in [0.25, 0.3) is 0 Å². The summed E-state index contributed by atoms with van der Waals surface area (Å²) in [6.07, 6.45) is -4.42. The number of aromatic nitrogens is 1. The van der Waals surface area contributed by atoms with Crippen molar-refractivity contribution in [2.24, 2.45) is 0 Å². The molecule has 1 heterocycles. The molecule has 6 nitrogen and oxygen atoms in total. The minimum atomic E-state index is -4.42. The van der Waals surface area contributed by atoms with Gasteiger partial charge in [-0.1, -0.05) is 24.3 Å². The van der Waals surface area contributed by atoms with Crippen LogP contribution in [0.1, 0.15) is 46.0 Å². The Morgan fingerprint density at radius 1 is 1.00 bits per heavy atom. The highest BCUT2D eigenvalue weighted by Crippen LogP contribution is 2.31. The molecule has 0 aliphatic heterocycles. The molecule has 10 heteroatoms. The number of hydrogen-bond donors (Lipinski definition) is 0. The number of carbonyl (C=O) groups is 1. The first-order valence-corrected chi connectivity index (χ1v) is 12.4. The minimum Gasteiger partial charge on any atom is -0.497 e. The van der Waals surface area contributed by atoms with Crippen LogP contribution in [-0.2, 0) is 25.8 Å². The number of benzene rings is 2. The third-order valence-electron chi connectivity index (χ3n) is 5.73. The van der Waals surface area contributed by atoms with Gasteiger partial charge in [0.15, 0.2) is 0 Å². The standard InChI is InChI=1S/C26H30F3N3O3S/c1-5-32(6-2)25(33)22-17-36-24(30-22)16-31(14-18-8-7-9-20(12-18)26(27,28)29)15-19-10-11-21(34-3)13-23(19)35-4/h7-13,17H,5-6,14-16H2,1-4H3. The number of thiazole rings is 1. The van der Waals surface area contributed by atoms with Crippen molar-refractivity contribution in [3.8, 4) is 11.5 Å². The Balaban J connectivity index is 1.89. The van der Waals surface area contributed by atoms with Crippen molar-refractivity contribution in [3.63, 3.8) is 0 Å². The van der Waals surface area contributed by atoms with Crippen LogP contribution < -0.4 is 9.47 Å². The van der Waals surface area contributed by atoms with Crippen molar-refractivity contribution in [1.82, 2.24) is 14.8 Å². The topological polar surface area (TPSA) is 54.9 Å². The van der Waals surface area contributed by atoms with Gasteiger partial charge in [-0.3, -0.25) is 9.69 Å². The van der Waals surface area contributed by atoms with E-state index in [0.29, 0.717) is 53.9 Å². The molecule has 0 saturated carbocycles. The van der Waals surface area contributed by atoms with E-state index in [1.165, 1.54) is 17.4 Å². The number of amides is 1. The van der Waals surface area contributed by atoms with Gasteiger partial charge in [-0.05, 0) is 31.5 Å². The molecule has 0 bridgehead atoms. The molecular formula is C26H30F3N3O3S. The molecule has 0 fully saturated rings. The van der Waals surface area contributed by atoms with Crippen LogP contribution in [0.2, 0.25) is 0 Å². The molecule has 0 spiro atoms. The lowest BCUT2D eigenvalue weighted by molar-refractivity contribution is -0.137. The summed E-state index contributed by atoms with van der Waals surface area (Å²) in [6.45, 7) is 5.98. The minimum absolute atomic E-state index is 0.135. The molecule has 3 aromatic rings. The number of methoxy groups -OCH3 is 2. The fourth-order valence-corrected chi connectivity index (χ4v) is 4.65. The number of carbonyl (C=O) groups excluding carboxylic acids is 1. The molecule has 3 rings (SSSR count). The summed E-state index contributed by atoms with van der Waals surface area (Å²) < 4.78 is 50.6. The summed E-state index contributed by atoms with van der Waals surface area (Å²) in [5.41, 5.74) is 1.05. The van der Waals surface area contributed by atoms with Crippen molar-refractivity contribution in [1.29, 1.82) is 0 Å². The lowest BCUT2D eigenvalue weighted by atomic mass is 10.1. The number of hydrogen-bond acceptors (Lipinski definition) is 6. The molecule has 0 unspecified atom stereocenters. The Morgan fingerprint density at radius 3 is 2.39 bits per heavy atom. The molecule has 0 aliphatic rings. The summed E-state index contributed by atoms with van der Waals surface area (Å²) in [4.78, 5) is 20.9. The second-order valence-electron chi connectivity index (χ2n) is 8.13. The van der Waals surface area contributed by atoms with Crippen molar-refractivity contribution < 1.29 is 27.4 Å². The van der Waals surface area contributed by atoms with Crippen molar-refractivity contribution in [3.05, 3.63) is 75.2 Å². The smallest absolute Gasteiger partial charge is 0.416 e. The van der Waals surface area contributed by atoms with E-state index in [9.17, 15) is 18.0 Å². The molecule has 0 atom stereocenters. The Kier molecular flexibility index (Phi) is 9.33. The lowest BCUT2D eigenvalue weighted by Crippen LogP contribution is -2.30. The van der Waals surface area contributed by atoms with Gasteiger partial charge in [0.05, 0.1) is 26.3 Å². The van der Waals surface area contributed by atoms with Gasteiger partial charge in [0, 0.05) is 43.2 Å². The fourth-order valence-electron chi connectivity index (χ4n) is 3.84. The van der Waals surface area contributed by atoms with Crippen LogP contribution in [0.4, 0.5) is 13.2 Å². The van der Waals surface area contributed by atoms with Crippen LogP contribution in [0.15, 0.2) is 47.8 Å². The van der Waals surface area contributed by atoms with E-state index in [-0.39, 0.29) is 12.5 Å². The quantitative estimate of drug-likeness (QED) is 0.316. The Morgan fingerprint density at radius 2 is 1.75 bits per heavy atom. The number of alkyl halides is 3. The van der Waals surface area contributed by atoms with E-state index in [4.69, 9.17) is 9.47 Å². The maximum Gasteiger partial charge on any atom is 0.416 e. The van der Waals surface area contributed by atoms with E-state index in [1.807, 2.05) is 30.9 Å². The van der Waals surface area contributed by atoms with Gasteiger partial charge < -0.3 is 14.4 Å². The maximum atomic E-state index is 13.3. The van der Waals surface area contributed by atoms with Gasteiger partial charge in [-0.2, -0.15) is 13.2 Å². The van der Waals surface area contributed by atoms with Crippen LogP contribution in [0.5, 0.6) is 11.5 Å². The third-order valence-corrected chi connectivity index (χ3v) is 6.56. The first-order chi connectivity index (χ1) is 17.2. The van der Waals surface area contributed by atoms with E-state index in [0.717, 1.165) is 17.7 Å². The second-order valence-corrected chi connectivity index (χ2v) is 9.07. The van der Waals surface area contributed by atoms with Crippen molar-refractivity contribution in [2.45, 2.75) is 39.7 Å². The average molecular weight is 522 g/mol. The third kappa shape index (κ3) is 6.98. The highest BCUT2D eigenvalue weighted by Gasteiger charge is 2.30. The SMILES string of the molecule is CCN(CC)C(=O)c1csc(CN(Cc2cccc(C(F)(F)F)c2)Cc2ccc(OC)cc2OC)n1. The largest absolute Gasteiger partial charge is 0.497 e. The molecule has 2 aromatic carbocycles. The number of halogens is 3. The molecule has 0 aliphatic carbocycles. The van der Waals surface area contributed by atoms with Gasteiger partial charge >= 0.3 is 6.18 Å². The maximum absolute atomic E-state index is 13.3. The molecule has 0 radical (unpaired) electrons. The zero-order valence-electron chi connectivity index (χ0n) is 20.8. The van der Waals surface area contributed by atoms with Crippen molar-refractivity contribution >= 4 is 17.2 Å². The zero-order chi connectivity index (χ0) is 26.3. The number of nitrogens with zero attached hydrogens (tertiary/aromatic N) is 3. The van der Waals surface area contributed by atoms with Gasteiger partial charge in [-0.15, -0.1) is 11.3 Å². The van der Waals surface area contributed by atoms with Gasteiger partial charge in [0.25, 0.3) is 5.91 Å².